The summed E-state index contributed by atoms with van der Waals surface area (Å²) in [5.41, 5.74) is 1.41. The zero-order valence-electron chi connectivity index (χ0n) is 12.5. The summed E-state index contributed by atoms with van der Waals surface area (Å²) in [6, 6.07) is 15.8. The number of hydrogen-bond donors (Lipinski definition) is 1. The number of anilines is 1. The van der Waals surface area contributed by atoms with Gasteiger partial charge in [-0.25, -0.2) is 8.42 Å². The van der Waals surface area contributed by atoms with Crippen molar-refractivity contribution < 1.29 is 13.2 Å². The molecule has 122 valence electrons. The van der Waals surface area contributed by atoms with Gasteiger partial charge in [0, 0.05) is 17.1 Å². The number of rotatable bonds is 7. The van der Waals surface area contributed by atoms with E-state index < -0.39 is 9.84 Å². The Balaban J connectivity index is 1.77. The SMILES string of the molecule is O=C(CCCS(=O)(=O)Cc1ccccc1)Nc1ccc(Cl)cc1. The largest absolute Gasteiger partial charge is 0.326 e. The molecule has 23 heavy (non-hydrogen) atoms. The highest BCUT2D eigenvalue weighted by atomic mass is 35.5. The molecule has 0 unspecified atom stereocenters. The van der Waals surface area contributed by atoms with Gasteiger partial charge >= 0.3 is 0 Å². The van der Waals surface area contributed by atoms with E-state index in [0.29, 0.717) is 17.1 Å². The average molecular weight is 352 g/mol. The van der Waals surface area contributed by atoms with Crippen LogP contribution in [0.1, 0.15) is 18.4 Å². The summed E-state index contributed by atoms with van der Waals surface area (Å²) in [6.07, 6.45) is 0.464. The molecule has 1 amide bonds. The molecule has 0 saturated carbocycles. The zero-order valence-corrected chi connectivity index (χ0v) is 14.1. The Bertz CT molecular complexity index is 743. The molecule has 0 spiro atoms. The maximum absolute atomic E-state index is 12.0. The highest BCUT2D eigenvalue weighted by molar-refractivity contribution is 7.90. The van der Waals surface area contributed by atoms with Crippen LogP contribution >= 0.6 is 11.6 Å². The number of hydrogen-bond acceptors (Lipinski definition) is 3. The molecule has 0 heterocycles. The molecule has 2 rings (SSSR count). The average Bonchev–Trinajstić information content (AvgIpc) is 2.50. The number of nitrogens with one attached hydrogen (secondary N) is 1. The third-order valence-corrected chi connectivity index (χ3v) is 5.15. The molecule has 2 aromatic carbocycles. The lowest BCUT2D eigenvalue weighted by atomic mass is 10.2. The first-order valence-corrected chi connectivity index (χ1v) is 9.44. The summed E-state index contributed by atoms with van der Waals surface area (Å²) in [5, 5.41) is 3.31. The highest BCUT2D eigenvalue weighted by Gasteiger charge is 2.13. The van der Waals surface area contributed by atoms with Gasteiger partial charge in [0.2, 0.25) is 5.91 Å². The Morgan fingerprint density at radius 2 is 1.65 bits per heavy atom. The Morgan fingerprint density at radius 3 is 2.30 bits per heavy atom. The molecule has 2 aromatic rings. The first-order chi connectivity index (χ1) is 10.9. The van der Waals surface area contributed by atoms with Crippen molar-refractivity contribution in [3.8, 4) is 0 Å². The van der Waals surface area contributed by atoms with Gasteiger partial charge in [-0.1, -0.05) is 41.9 Å². The molecule has 0 aromatic heterocycles. The molecule has 0 bridgehead atoms. The molecular formula is C17H18ClNO3S. The van der Waals surface area contributed by atoms with Crippen molar-refractivity contribution in [2.45, 2.75) is 18.6 Å². The van der Waals surface area contributed by atoms with Crippen LogP contribution in [0.4, 0.5) is 5.69 Å². The van der Waals surface area contributed by atoms with Gasteiger partial charge in [-0.3, -0.25) is 4.79 Å². The number of benzene rings is 2. The van der Waals surface area contributed by atoms with E-state index in [-0.39, 0.29) is 23.8 Å². The lowest BCUT2D eigenvalue weighted by molar-refractivity contribution is -0.116. The van der Waals surface area contributed by atoms with Crippen LogP contribution in [0, 0.1) is 0 Å². The van der Waals surface area contributed by atoms with E-state index in [1.54, 1.807) is 36.4 Å². The molecule has 0 aliphatic heterocycles. The van der Waals surface area contributed by atoms with E-state index in [2.05, 4.69) is 5.32 Å². The van der Waals surface area contributed by atoms with Gasteiger partial charge in [0.1, 0.15) is 0 Å². The molecule has 4 nitrogen and oxygen atoms in total. The summed E-state index contributed by atoms with van der Waals surface area (Å²) < 4.78 is 24.1. The Hall–Kier alpha value is -1.85. The minimum absolute atomic E-state index is 0.00404. The molecule has 0 aliphatic carbocycles. The fourth-order valence-corrected chi connectivity index (χ4v) is 3.66. The maximum Gasteiger partial charge on any atom is 0.224 e. The number of carbonyl (C=O) groups is 1. The number of carbonyl (C=O) groups excluding carboxylic acids is 1. The summed E-state index contributed by atoms with van der Waals surface area (Å²) in [6.45, 7) is 0. The zero-order chi connectivity index (χ0) is 16.7. The van der Waals surface area contributed by atoms with Crippen LogP contribution in [-0.2, 0) is 20.4 Å². The molecule has 0 aliphatic rings. The third kappa shape index (κ3) is 6.42. The Kier molecular flexibility index (Phi) is 6.19. The fourth-order valence-electron chi connectivity index (χ4n) is 2.11. The maximum atomic E-state index is 12.0. The van der Waals surface area contributed by atoms with Crippen LogP contribution in [0.25, 0.3) is 0 Å². The van der Waals surface area contributed by atoms with Gasteiger partial charge < -0.3 is 5.32 Å². The van der Waals surface area contributed by atoms with Gasteiger partial charge in [-0.15, -0.1) is 0 Å². The third-order valence-electron chi connectivity index (χ3n) is 3.22. The number of sulfone groups is 1. The van der Waals surface area contributed by atoms with Crippen LogP contribution in [0.5, 0.6) is 0 Å². The van der Waals surface area contributed by atoms with Gasteiger partial charge in [-0.2, -0.15) is 0 Å². The van der Waals surface area contributed by atoms with Gasteiger partial charge in [0.25, 0.3) is 0 Å². The second-order valence-electron chi connectivity index (χ2n) is 5.24. The van der Waals surface area contributed by atoms with Gasteiger partial charge in [0.05, 0.1) is 11.5 Å². The number of amides is 1. The van der Waals surface area contributed by atoms with Crippen LogP contribution in [-0.4, -0.2) is 20.1 Å². The van der Waals surface area contributed by atoms with Crippen LogP contribution in [0.2, 0.25) is 5.02 Å². The summed E-state index contributed by atoms with van der Waals surface area (Å²) in [5.74, 6) is -0.204. The summed E-state index contributed by atoms with van der Waals surface area (Å²) in [4.78, 5) is 11.8. The van der Waals surface area contributed by atoms with Crippen molar-refractivity contribution in [2.24, 2.45) is 0 Å². The van der Waals surface area contributed by atoms with Crippen molar-refractivity contribution in [1.29, 1.82) is 0 Å². The van der Waals surface area contributed by atoms with Gasteiger partial charge in [0.15, 0.2) is 9.84 Å². The second kappa shape index (κ2) is 8.13. The van der Waals surface area contributed by atoms with Crippen LogP contribution in [0.3, 0.4) is 0 Å². The first kappa shape index (κ1) is 17.5. The quantitative estimate of drug-likeness (QED) is 0.827. The van der Waals surface area contributed by atoms with E-state index in [9.17, 15) is 13.2 Å². The standard InChI is InChI=1S/C17H18ClNO3S/c18-15-8-10-16(11-9-15)19-17(20)7-4-12-23(21,22)13-14-5-2-1-3-6-14/h1-3,5-6,8-11H,4,7,12-13H2,(H,19,20). The van der Waals surface area contributed by atoms with Crippen molar-refractivity contribution >= 4 is 33.0 Å². The van der Waals surface area contributed by atoms with E-state index in [4.69, 9.17) is 11.6 Å². The number of halogens is 1. The minimum atomic E-state index is -3.21. The van der Waals surface area contributed by atoms with Crippen LogP contribution < -0.4 is 5.32 Å². The van der Waals surface area contributed by atoms with E-state index >= 15 is 0 Å². The predicted molar refractivity (Wildman–Crippen MR) is 93.2 cm³/mol. The van der Waals surface area contributed by atoms with Crippen molar-refractivity contribution in [1.82, 2.24) is 0 Å². The lowest BCUT2D eigenvalue weighted by Crippen LogP contribution is -2.15. The first-order valence-electron chi connectivity index (χ1n) is 7.24. The smallest absolute Gasteiger partial charge is 0.224 e. The molecule has 0 saturated heterocycles. The van der Waals surface area contributed by atoms with E-state index in [1.165, 1.54) is 0 Å². The predicted octanol–water partition coefficient (Wildman–Crippen LogP) is 3.67. The second-order valence-corrected chi connectivity index (χ2v) is 7.86. The van der Waals surface area contributed by atoms with Crippen molar-refractivity contribution in [2.75, 3.05) is 11.1 Å². The molecule has 6 heteroatoms. The Labute approximate surface area is 141 Å². The normalized spacial score (nSPS) is 11.2. The molecule has 0 atom stereocenters. The summed E-state index contributed by atoms with van der Waals surface area (Å²) >= 11 is 5.77. The fraction of sp³-hybridized carbons (Fsp3) is 0.235. The van der Waals surface area contributed by atoms with Crippen molar-refractivity contribution in [3.63, 3.8) is 0 Å². The highest BCUT2D eigenvalue weighted by Crippen LogP contribution is 2.14. The van der Waals surface area contributed by atoms with Crippen molar-refractivity contribution in [3.05, 3.63) is 65.2 Å². The van der Waals surface area contributed by atoms with Crippen LogP contribution in [0.15, 0.2) is 54.6 Å². The monoisotopic (exact) mass is 351 g/mol. The van der Waals surface area contributed by atoms with E-state index in [0.717, 1.165) is 5.56 Å². The Morgan fingerprint density at radius 1 is 1.00 bits per heavy atom. The summed E-state index contributed by atoms with van der Waals surface area (Å²) in [7, 11) is -3.21. The molecule has 0 fully saturated rings. The van der Waals surface area contributed by atoms with E-state index in [1.807, 2.05) is 18.2 Å². The topological polar surface area (TPSA) is 63.2 Å². The molecular weight excluding hydrogens is 334 g/mol. The molecule has 1 N–H and O–H groups in total. The minimum Gasteiger partial charge on any atom is -0.326 e. The molecule has 0 radical (unpaired) electrons. The van der Waals surface area contributed by atoms with Gasteiger partial charge in [-0.05, 0) is 36.2 Å². The lowest BCUT2D eigenvalue weighted by Gasteiger charge is -2.06.